The summed E-state index contributed by atoms with van der Waals surface area (Å²) in [5.74, 6) is -1.43. The van der Waals surface area contributed by atoms with Gasteiger partial charge >= 0.3 is 5.97 Å². The lowest BCUT2D eigenvalue weighted by Crippen LogP contribution is -2.26. The number of nitrogens with one attached hydrogen (secondary N) is 1. The Morgan fingerprint density at radius 2 is 1.95 bits per heavy atom. The van der Waals surface area contributed by atoms with Crippen molar-refractivity contribution in [3.63, 3.8) is 0 Å². The number of carbonyl (C=O) groups excluding carboxylic acids is 1. The van der Waals surface area contributed by atoms with Crippen LogP contribution >= 0.6 is 0 Å². The molecule has 1 unspecified atom stereocenters. The summed E-state index contributed by atoms with van der Waals surface area (Å²) in [7, 11) is 0. The van der Waals surface area contributed by atoms with Gasteiger partial charge < -0.3 is 10.4 Å². The van der Waals surface area contributed by atoms with Gasteiger partial charge in [-0.05, 0) is 50.1 Å². The van der Waals surface area contributed by atoms with E-state index in [4.69, 9.17) is 5.11 Å². The molecule has 1 atom stereocenters. The Morgan fingerprint density at radius 3 is 2.57 bits per heavy atom. The fourth-order valence-corrected chi connectivity index (χ4v) is 1.97. The first-order valence-electron chi connectivity index (χ1n) is 6.55. The number of carbonyl (C=O) groups is 2. The molecule has 1 amide bonds. The van der Waals surface area contributed by atoms with E-state index in [1.165, 1.54) is 16.9 Å². The molecule has 6 nitrogen and oxygen atoms in total. The van der Waals surface area contributed by atoms with E-state index in [0.29, 0.717) is 5.69 Å². The molecule has 0 aliphatic carbocycles. The lowest BCUT2D eigenvalue weighted by molar-refractivity contribution is -0.119. The maximum atomic E-state index is 12.2. The zero-order chi connectivity index (χ0) is 15.6. The molecule has 0 aliphatic heterocycles. The van der Waals surface area contributed by atoms with Gasteiger partial charge in [-0.1, -0.05) is 6.07 Å². The van der Waals surface area contributed by atoms with E-state index in [1.54, 1.807) is 6.92 Å². The van der Waals surface area contributed by atoms with Gasteiger partial charge in [-0.15, -0.1) is 0 Å². The average Bonchev–Trinajstić information content (AvgIpc) is 2.91. The van der Waals surface area contributed by atoms with E-state index in [9.17, 15) is 9.59 Å². The second-order valence-corrected chi connectivity index (χ2v) is 4.93. The van der Waals surface area contributed by atoms with Gasteiger partial charge in [0.15, 0.2) is 0 Å². The molecule has 0 aliphatic rings. The topological polar surface area (TPSA) is 84.2 Å². The molecule has 21 heavy (non-hydrogen) atoms. The molecule has 110 valence electrons. The van der Waals surface area contributed by atoms with Crippen LogP contribution in [0.4, 0.5) is 5.69 Å². The third-order valence-electron chi connectivity index (χ3n) is 3.41. The molecule has 0 saturated heterocycles. The van der Waals surface area contributed by atoms with Gasteiger partial charge in [0.05, 0.1) is 0 Å². The van der Waals surface area contributed by atoms with Gasteiger partial charge in [-0.25, -0.2) is 9.48 Å². The van der Waals surface area contributed by atoms with E-state index >= 15 is 0 Å². The van der Waals surface area contributed by atoms with Crippen LogP contribution in [0.5, 0.6) is 0 Å². The minimum Gasteiger partial charge on any atom is -0.477 e. The molecular formula is C15H17N3O3. The van der Waals surface area contributed by atoms with Gasteiger partial charge in [-0.2, -0.15) is 5.10 Å². The molecule has 0 radical (unpaired) electrons. The number of benzene rings is 1. The zero-order valence-corrected chi connectivity index (χ0v) is 12.1. The van der Waals surface area contributed by atoms with Crippen LogP contribution in [0.2, 0.25) is 0 Å². The fourth-order valence-electron chi connectivity index (χ4n) is 1.97. The predicted octanol–water partition coefficient (Wildman–Crippen LogP) is 2.40. The molecule has 2 rings (SSSR count). The van der Waals surface area contributed by atoms with Gasteiger partial charge in [0.25, 0.3) is 0 Å². The Bertz CT molecular complexity index is 691. The maximum absolute atomic E-state index is 12.2. The number of aromatic nitrogens is 2. The third-order valence-corrected chi connectivity index (χ3v) is 3.41. The van der Waals surface area contributed by atoms with Crippen molar-refractivity contribution in [3.05, 3.63) is 47.3 Å². The maximum Gasteiger partial charge on any atom is 0.354 e. The van der Waals surface area contributed by atoms with Crippen molar-refractivity contribution in [2.45, 2.75) is 26.8 Å². The summed E-state index contributed by atoms with van der Waals surface area (Å²) in [5, 5.41) is 15.7. The summed E-state index contributed by atoms with van der Waals surface area (Å²) < 4.78 is 1.19. The van der Waals surface area contributed by atoms with Crippen LogP contribution < -0.4 is 5.32 Å². The molecule has 2 N–H and O–H groups in total. The standard InChI is InChI=1S/C15H17N3O3/c1-9-4-5-12(8-10(9)2)17-14(19)11(3)18-13(15(20)21)6-7-16-18/h4-8,11H,1-3H3,(H,17,19)(H,20,21). The molecule has 0 fully saturated rings. The largest absolute Gasteiger partial charge is 0.477 e. The first kappa shape index (κ1) is 14.8. The van der Waals surface area contributed by atoms with E-state index in [2.05, 4.69) is 10.4 Å². The highest BCUT2D eigenvalue weighted by Gasteiger charge is 2.21. The van der Waals surface area contributed by atoms with Gasteiger partial charge in [0, 0.05) is 11.9 Å². The lowest BCUT2D eigenvalue weighted by Gasteiger charge is -2.15. The first-order chi connectivity index (χ1) is 9.90. The van der Waals surface area contributed by atoms with E-state index in [-0.39, 0.29) is 11.6 Å². The molecular weight excluding hydrogens is 270 g/mol. The van der Waals surface area contributed by atoms with Crippen molar-refractivity contribution in [2.24, 2.45) is 0 Å². The summed E-state index contributed by atoms with van der Waals surface area (Å²) >= 11 is 0. The Morgan fingerprint density at radius 1 is 1.24 bits per heavy atom. The highest BCUT2D eigenvalue weighted by molar-refractivity contribution is 5.94. The van der Waals surface area contributed by atoms with E-state index in [1.807, 2.05) is 32.0 Å². The summed E-state index contributed by atoms with van der Waals surface area (Å²) in [6, 6.07) is 6.26. The Balaban J connectivity index is 2.17. The van der Waals surface area contributed by atoms with Crippen molar-refractivity contribution in [1.29, 1.82) is 0 Å². The van der Waals surface area contributed by atoms with Crippen LogP contribution in [0.15, 0.2) is 30.5 Å². The normalized spacial score (nSPS) is 12.0. The molecule has 1 aromatic carbocycles. The highest BCUT2D eigenvalue weighted by Crippen LogP contribution is 2.17. The number of nitrogens with zero attached hydrogens (tertiary/aromatic N) is 2. The van der Waals surface area contributed by atoms with Gasteiger partial charge in [0.2, 0.25) is 5.91 Å². The summed E-state index contributed by atoms with van der Waals surface area (Å²) in [5.41, 5.74) is 2.88. The minimum atomic E-state index is -1.11. The van der Waals surface area contributed by atoms with Crippen molar-refractivity contribution >= 4 is 17.6 Å². The molecule has 2 aromatic rings. The number of rotatable bonds is 4. The quantitative estimate of drug-likeness (QED) is 0.904. The van der Waals surface area contributed by atoms with Crippen LogP contribution in [0.25, 0.3) is 0 Å². The molecule has 1 aromatic heterocycles. The zero-order valence-electron chi connectivity index (χ0n) is 12.1. The van der Waals surface area contributed by atoms with Gasteiger partial charge in [-0.3, -0.25) is 4.79 Å². The number of carboxylic acids is 1. The number of aryl methyl sites for hydroxylation is 2. The lowest BCUT2D eigenvalue weighted by atomic mass is 10.1. The number of hydrogen-bond acceptors (Lipinski definition) is 3. The Kier molecular flexibility index (Phi) is 4.07. The number of amides is 1. The van der Waals surface area contributed by atoms with Crippen LogP contribution in [-0.2, 0) is 4.79 Å². The van der Waals surface area contributed by atoms with Crippen LogP contribution in [0, 0.1) is 13.8 Å². The Labute approximate surface area is 122 Å². The number of anilines is 1. The molecule has 0 saturated carbocycles. The second kappa shape index (κ2) is 5.78. The first-order valence-corrected chi connectivity index (χ1v) is 6.55. The van der Waals surface area contributed by atoms with Crippen LogP contribution in [-0.4, -0.2) is 26.8 Å². The van der Waals surface area contributed by atoms with E-state index < -0.39 is 12.0 Å². The molecule has 0 bridgehead atoms. The smallest absolute Gasteiger partial charge is 0.354 e. The monoisotopic (exact) mass is 287 g/mol. The summed E-state index contributed by atoms with van der Waals surface area (Å²) in [6.07, 6.45) is 1.36. The summed E-state index contributed by atoms with van der Waals surface area (Å²) in [6.45, 7) is 5.56. The Hall–Kier alpha value is -2.63. The van der Waals surface area contributed by atoms with Crippen LogP contribution in [0.3, 0.4) is 0 Å². The van der Waals surface area contributed by atoms with Crippen molar-refractivity contribution < 1.29 is 14.7 Å². The second-order valence-electron chi connectivity index (χ2n) is 4.93. The summed E-state index contributed by atoms with van der Waals surface area (Å²) in [4.78, 5) is 23.3. The predicted molar refractivity (Wildman–Crippen MR) is 78.4 cm³/mol. The average molecular weight is 287 g/mol. The minimum absolute atomic E-state index is 0.0160. The number of carboxylic acid groups (broad SMARTS) is 1. The van der Waals surface area contributed by atoms with Crippen molar-refractivity contribution in [1.82, 2.24) is 9.78 Å². The number of aromatic carboxylic acids is 1. The molecule has 6 heteroatoms. The fraction of sp³-hybridized carbons (Fsp3) is 0.267. The van der Waals surface area contributed by atoms with Gasteiger partial charge in [0.1, 0.15) is 11.7 Å². The van der Waals surface area contributed by atoms with Crippen molar-refractivity contribution in [3.8, 4) is 0 Å². The van der Waals surface area contributed by atoms with Crippen molar-refractivity contribution in [2.75, 3.05) is 5.32 Å². The SMILES string of the molecule is Cc1ccc(NC(=O)C(C)n2nccc2C(=O)O)cc1C. The molecule has 0 spiro atoms. The number of hydrogen-bond donors (Lipinski definition) is 2. The third kappa shape index (κ3) is 3.10. The van der Waals surface area contributed by atoms with Crippen LogP contribution in [0.1, 0.15) is 34.6 Å². The highest BCUT2D eigenvalue weighted by atomic mass is 16.4. The molecule has 1 heterocycles. The van der Waals surface area contributed by atoms with E-state index in [0.717, 1.165) is 11.1 Å².